The maximum absolute atomic E-state index is 9.16. The summed E-state index contributed by atoms with van der Waals surface area (Å²) in [7, 11) is 0. The molecule has 0 radical (unpaired) electrons. The Kier molecular flexibility index (Phi) is 3.52. The Morgan fingerprint density at radius 1 is 1.10 bits per heavy atom. The van der Waals surface area contributed by atoms with E-state index >= 15 is 0 Å². The van der Waals surface area contributed by atoms with Gasteiger partial charge in [0.1, 0.15) is 6.07 Å². The highest BCUT2D eigenvalue weighted by molar-refractivity contribution is 5.59. The summed E-state index contributed by atoms with van der Waals surface area (Å²) >= 11 is 0. The molecule has 0 unspecified atom stereocenters. The molecule has 6 nitrogen and oxygen atoms in total. The summed E-state index contributed by atoms with van der Waals surface area (Å²) in [5.41, 5.74) is 1.14. The molecule has 0 N–H and O–H groups in total. The molecule has 0 saturated carbocycles. The molecule has 2 heterocycles. The van der Waals surface area contributed by atoms with Crippen molar-refractivity contribution in [3.63, 3.8) is 0 Å². The smallest absolute Gasteiger partial charge is 0.205 e. The van der Waals surface area contributed by atoms with Crippen LogP contribution < -0.4 is 4.90 Å². The summed E-state index contributed by atoms with van der Waals surface area (Å²) in [5, 5.41) is 17.2. The number of morpholine rings is 1. The van der Waals surface area contributed by atoms with Crippen molar-refractivity contribution < 1.29 is 4.74 Å². The SMILES string of the molecule is N#Cc1nnc(-c2ccccc2)nc1N1CCOCC1. The molecule has 1 fully saturated rings. The lowest BCUT2D eigenvalue weighted by molar-refractivity contribution is 0.122. The summed E-state index contributed by atoms with van der Waals surface area (Å²) in [6.07, 6.45) is 0. The van der Waals surface area contributed by atoms with Gasteiger partial charge in [-0.25, -0.2) is 4.98 Å². The first kappa shape index (κ1) is 12.5. The van der Waals surface area contributed by atoms with Crippen molar-refractivity contribution in [1.82, 2.24) is 15.2 Å². The third kappa shape index (κ3) is 2.44. The van der Waals surface area contributed by atoms with Crippen LogP contribution in [0.3, 0.4) is 0 Å². The zero-order valence-corrected chi connectivity index (χ0v) is 10.9. The molecule has 3 rings (SSSR count). The van der Waals surface area contributed by atoms with Crippen LogP contribution in [0, 0.1) is 11.3 Å². The van der Waals surface area contributed by atoms with Crippen molar-refractivity contribution in [2.75, 3.05) is 31.2 Å². The maximum atomic E-state index is 9.16. The third-order valence-corrected chi connectivity index (χ3v) is 3.12. The molecule has 0 amide bonds. The van der Waals surface area contributed by atoms with Crippen LogP contribution >= 0.6 is 0 Å². The highest BCUT2D eigenvalue weighted by Crippen LogP contribution is 2.20. The third-order valence-electron chi connectivity index (χ3n) is 3.12. The van der Waals surface area contributed by atoms with Gasteiger partial charge >= 0.3 is 0 Å². The quantitative estimate of drug-likeness (QED) is 0.815. The lowest BCUT2D eigenvalue weighted by Gasteiger charge is -2.27. The largest absolute Gasteiger partial charge is 0.378 e. The van der Waals surface area contributed by atoms with Gasteiger partial charge in [-0.2, -0.15) is 5.26 Å². The second kappa shape index (κ2) is 5.63. The van der Waals surface area contributed by atoms with E-state index in [2.05, 4.69) is 21.3 Å². The van der Waals surface area contributed by atoms with Crippen LogP contribution in [-0.2, 0) is 4.74 Å². The van der Waals surface area contributed by atoms with Crippen LogP contribution in [0.1, 0.15) is 5.69 Å². The number of nitrogens with zero attached hydrogens (tertiary/aromatic N) is 5. The van der Waals surface area contributed by atoms with E-state index in [0.717, 1.165) is 5.56 Å². The van der Waals surface area contributed by atoms with E-state index in [1.807, 2.05) is 35.2 Å². The van der Waals surface area contributed by atoms with Crippen LogP contribution in [0.25, 0.3) is 11.4 Å². The average molecular weight is 267 g/mol. The number of nitriles is 1. The summed E-state index contributed by atoms with van der Waals surface area (Å²) in [5.74, 6) is 1.12. The molecule has 100 valence electrons. The molecule has 0 bridgehead atoms. The minimum atomic E-state index is 0.256. The Morgan fingerprint density at radius 2 is 1.85 bits per heavy atom. The number of aromatic nitrogens is 3. The molecule has 0 aliphatic carbocycles. The van der Waals surface area contributed by atoms with Gasteiger partial charge in [-0.15, -0.1) is 10.2 Å². The van der Waals surface area contributed by atoms with E-state index in [-0.39, 0.29) is 5.69 Å². The molecule has 1 aromatic heterocycles. The Hall–Kier alpha value is -2.52. The first-order valence-electron chi connectivity index (χ1n) is 6.41. The minimum absolute atomic E-state index is 0.256. The van der Waals surface area contributed by atoms with Gasteiger partial charge in [0.25, 0.3) is 0 Å². The molecular weight excluding hydrogens is 254 g/mol. The van der Waals surface area contributed by atoms with Gasteiger partial charge in [0.15, 0.2) is 11.6 Å². The van der Waals surface area contributed by atoms with Crippen molar-refractivity contribution >= 4 is 5.82 Å². The first-order chi connectivity index (χ1) is 9.88. The summed E-state index contributed by atoms with van der Waals surface area (Å²) in [4.78, 5) is 6.53. The molecule has 1 saturated heterocycles. The molecular formula is C14H13N5O. The van der Waals surface area contributed by atoms with Gasteiger partial charge in [-0.05, 0) is 0 Å². The molecule has 1 aliphatic rings. The molecule has 0 atom stereocenters. The van der Waals surface area contributed by atoms with Gasteiger partial charge in [-0.1, -0.05) is 30.3 Å². The monoisotopic (exact) mass is 267 g/mol. The van der Waals surface area contributed by atoms with Crippen molar-refractivity contribution in [1.29, 1.82) is 5.26 Å². The Bertz CT molecular complexity index is 632. The van der Waals surface area contributed by atoms with Crippen LogP contribution in [0.15, 0.2) is 30.3 Å². The fourth-order valence-electron chi connectivity index (χ4n) is 2.10. The standard InChI is InChI=1S/C14H13N5O/c15-10-12-14(19-6-8-20-9-7-19)16-13(18-17-12)11-4-2-1-3-5-11/h1-5H,6-9H2. The van der Waals surface area contributed by atoms with E-state index in [0.29, 0.717) is 37.9 Å². The van der Waals surface area contributed by atoms with Gasteiger partial charge in [0, 0.05) is 18.7 Å². The van der Waals surface area contributed by atoms with Crippen molar-refractivity contribution in [2.45, 2.75) is 0 Å². The number of hydrogen-bond acceptors (Lipinski definition) is 6. The molecule has 20 heavy (non-hydrogen) atoms. The van der Waals surface area contributed by atoms with Gasteiger partial charge in [-0.3, -0.25) is 0 Å². The van der Waals surface area contributed by atoms with E-state index in [1.165, 1.54) is 0 Å². The summed E-state index contributed by atoms with van der Waals surface area (Å²) in [6.45, 7) is 2.69. The predicted molar refractivity (Wildman–Crippen MR) is 73.0 cm³/mol. The van der Waals surface area contributed by atoms with E-state index in [4.69, 9.17) is 10.00 Å². The molecule has 0 spiro atoms. The van der Waals surface area contributed by atoms with Crippen LogP contribution in [0.2, 0.25) is 0 Å². The minimum Gasteiger partial charge on any atom is -0.378 e. The van der Waals surface area contributed by atoms with E-state index in [1.54, 1.807) is 0 Å². The number of benzene rings is 1. The molecule has 2 aromatic rings. The second-order valence-electron chi connectivity index (χ2n) is 4.38. The van der Waals surface area contributed by atoms with Gasteiger partial charge in [0.2, 0.25) is 5.69 Å². The first-order valence-corrected chi connectivity index (χ1v) is 6.41. The van der Waals surface area contributed by atoms with Crippen LogP contribution in [0.5, 0.6) is 0 Å². The second-order valence-corrected chi connectivity index (χ2v) is 4.38. The van der Waals surface area contributed by atoms with Crippen LogP contribution in [-0.4, -0.2) is 41.5 Å². The lowest BCUT2D eigenvalue weighted by Crippen LogP contribution is -2.37. The number of hydrogen-bond donors (Lipinski definition) is 0. The topological polar surface area (TPSA) is 74.9 Å². The van der Waals surface area contributed by atoms with Gasteiger partial charge < -0.3 is 9.64 Å². The predicted octanol–water partition coefficient (Wildman–Crippen LogP) is 1.25. The highest BCUT2D eigenvalue weighted by atomic mass is 16.5. The maximum Gasteiger partial charge on any atom is 0.205 e. The lowest BCUT2D eigenvalue weighted by atomic mass is 10.2. The zero-order chi connectivity index (χ0) is 13.8. The Balaban J connectivity index is 2.01. The van der Waals surface area contributed by atoms with Crippen molar-refractivity contribution in [2.24, 2.45) is 0 Å². The molecule has 1 aromatic carbocycles. The van der Waals surface area contributed by atoms with Crippen molar-refractivity contribution in [3.8, 4) is 17.5 Å². The average Bonchev–Trinajstić information content (AvgIpc) is 2.56. The fourth-order valence-corrected chi connectivity index (χ4v) is 2.10. The highest BCUT2D eigenvalue weighted by Gasteiger charge is 2.19. The zero-order valence-electron chi connectivity index (χ0n) is 10.9. The van der Waals surface area contributed by atoms with Crippen molar-refractivity contribution in [3.05, 3.63) is 36.0 Å². The normalized spacial score (nSPS) is 14.8. The Morgan fingerprint density at radius 3 is 2.55 bits per heavy atom. The number of anilines is 1. The number of rotatable bonds is 2. The number of ether oxygens (including phenoxy) is 1. The molecule has 6 heteroatoms. The van der Waals surface area contributed by atoms with E-state index in [9.17, 15) is 0 Å². The fraction of sp³-hybridized carbons (Fsp3) is 0.286. The summed E-state index contributed by atoms with van der Waals surface area (Å²) in [6, 6.07) is 11.7. The van der Waals surface area contributed by atoms with E-state index < -0.39 is 0 Å². The Labute approximate surface area is 116 Å². The van der Waals surface area contributed by atoms with Gasteiger partial charge in [0.05, 0.1) is 13.2 Å². The summed E-state index contributed by atoms with van der Waals surface area (Å²) < 4.78 is 5.32. The molecule has 1 aliphatic heterocycles. The van der Waals surface area contributed by atoms with Crippen LogP contribution in [0.4, 0.5) is 5.82 Å².